The number of halogens is 3. The van der Waals surface area contributed by atoms with Crippen molar-refractivity contribution < 1.29 is 13.2 Å². The SMILES string of the molecule is CCSc1cc(C(F)(F)F)cnc1SCC. The average molecular weight is 267 g/mol. The highest BCUT2D eigenvalue weighted by atomic mass is 32.2. The fraction of sp³-hybridized carbons (Fsp3) is 0.500. The van der Waals surface area contributed by atoms with Crippen molar-refractivity contribution in [3.8, 4) is 0 Å². The van der Waals surface area contributed by atoms with Crippen molar-refractivity contribution in [2.45, 2.75) is 29.9 Å². The molecule has 0 saturated heterocycles. The molecule has 0 unspecified atom stereocenters. The van der Waals surface area contributed by atoms with Crippen LogP contribution in [-0.4, -0.2) is 16.5 Å². The Hall–Kier alpha value is -0.360. The first-order chi connectivity index (χ1) is 7.49. The standard InChI is InChI=1S/C10H12F3NS2/c1-3-15-8-5-7(10(11,12)13)6-14-9(8)16-4-2/h5-6H,3-4H2,1-2H3. The molecule has 0 N–H and O–H groups in total. The Bertz CT molecular complexity index is 352. The molecule has 0 radical (unpaired) electrons. The summed E-state index contributed by atoms with van der Waals surface area (Å²) in [6.07, 6.45) is -3.41. The van der Waals surface area contributed by atoms with Crippen LogP contribution in [0.1, 0.15) is 19.4 Å². The minimum absolute atomic E-state index is 0.615. The smallest absolute Gasteiger partial charge is 0.248 e. The van der Waals surface area contributed by atoms with Crippen LogP contribution in [0.4, 0.5) is 13.2 Å². The second-order valence-electron chi connectivity index (χ2n) is 2.89. The fourth-order valence-electron chi connectivity index (χ4n) is 1.09. The van der Waals surface area contributed by atoms with Gasteiger partial charge in [0.05, 0.1) is 5.56 Å². The predicted molar refractivity (Wildman–Crippen MR) is 62.0 cm³/mol. The lowest BCUT2D eigenvalue weighted by Gasteiger charge is -2.10. The van der Waals surface area contributed by atoms with Gasteiger partial charge in [-0.05, 0) is 17.6 Å². The summed E-state index contributed by atoms with van der Waals surface area (Å²) in [5.74, 6) is 1.54. The predicted octanol–water partition coefficient (Wildman–Crippen LogP) is 4.32. The maximum absolute atomic E-state index is 12.5. The zero-order chi connectivity index (χ0) is 12.2. The lowest BCUT2D eigenvalue weighted by Crippen LogP contribution is -2.06. The lowest BCUT2D eigenvalue weighted by molar-refractivity contribution is -0.138. The molecular weight excluding hydrogens is 255 g/mol. The molecule has 6 heteroatoms. The number of hydrogen-bond donors (Lipinski definition) is 0. The van der Waals surface area contributed by atoms with Gasteiger partial charge < -0.3 is 0 Å². The second-order valence-corrected chi connectivity index (χ2v) is 5.45. The summed E-state index contributed by atoms with van der Waals surface area (Å²) in [7, 11) is 0. The minimum atomic E-state index is -4.31. The summed E-state index contributed by atoms with van der Waals surface area (Å²) in [4.78, 5) is 4.49. The van der Waals surface area contributed by atoms with Crippen molar-refractivity contribution in [3.63, 3.8) is 0 Å². The number of rotatable bonds is 4. The van der Waals surface area contributed by atoms with Crippen LogP contribution in [-0.2, 0) is 6.18 Å². The van der Waals surface area contributed by atoms with E-state index in [-0.39, 0.29) is 0 Å². The maximum atomic E-state index is 12.5. The molecule has 1 rings (SSSR count). The number of hydrogen-bond acceptors (Lipinski definition) is 3. The minimum Gasteiger partial charge on any atom is -0.248 e. The zero-order valence-corrected chi connectivity index (χ0v) is 10.6. The van der Waals surface area contributed by atoms with Crippen molar-refractivity contribution in [1.82, 2.24) is 4.98 Å². The van der Waals surface area contributed by atoms with Crippen LogP contribution in [0.25, 0.3) is 0 Å². The summed E-state index contributed by atoms with van der Waals surface area (Å²) in [5, 5.41) is 0.683. The Morgan fingerprint density at radius 2 is 1.81 bits per heavy atom. The Morgan fingerprint density at radius 3 is 2.31 bits per heavy atom. The molecule has 1 aromatic rings. The zero-order valence-electron chi connectivity index (χ0n) is 8.97. The molecule has 0 fully saturated rings. The summed E-state index contributed by atoms with van der Waals surface area (Å²) in [5.41, 5.74) is -0.677. The summed E-state index contributed by atoms with van der Waals surface area (Å²) >= 11 is 2.85. The van der Waals surface area contributed by atoms with Gasteiger partial charge in [-0.15, -0.1) is 23.5 Å². The van der Waals surface area contributed by atoms with E-state index in [2.05, 4.69) is 4.98 Å². The maximum Gasteiger partial charge on any atom is 0.417 e. The first-order valence-electron chi connectivity index (χ1n) is 4.81. The third kappa shape index (κ3) is 3.59. The highest BCUT2D eigenvalue weighted by Gasteiger charge is 2.31. The molecule has 0 aliphatic heterocycles. The molecule has 0 saturated carbocycles. The van der Waals surface area contributed by atoms with Gasteiger partial charge in [0, 0.05) is 11.1 Å². The molecule has 0 spiro atoms. The van der Waals surface area contributed by atoms with Crippen molar-refractivity contribution >= 4 is 23.5 Å². The third-order valence-corrected chi connectivity index (χ3v) is 3.65. The van der Waals surface area contributed by atoms with Crippen LogP contribution in [0.5, 0.6) is 0 Å². The molecule has 0 bridgehead atoms. The van der Waals surface area contributed by atoms with E-state index in [0.717, 1.165) is 17.7 Å². The summed E-state index contributed by atoms with van der Waals surface area (Å²) < 4.78 is 37.4. The van der Waals surface area contributed by atoms with Gasteiger partial charge in [-0.3, -0.25) is 0 Å². The molecule has 0 aliphatic carbocycles. The highest BCUT2D eigenvalue weighted by Crippen LogP contribution is 2.35. The topological polar surface area (TPSA) is 12.9 Å². The van der Waals surface area contributed by atoms with Gasteiger partial charge in [-0.25, -0.2) is 4.98 Å². The van der Waals surface area contributed by atoms with Crippen molar-refractivity contribution in [3.05, 3.63) is 17.8 Å². The molecule has 1 aromatic heterocycles. The average Bonchev–Trinajstić information content (AvgIpc) is 2.19. The largest absolute Gasteiger partial charge is 0.417 e. The Kier molecular flexibility index (Phi) is 4.98. The van der Waals surface area contributed by atoms with Crippen molar-refractivity contribution in [2.75, 3.05) is 11.5 Å². The number of aromatic nitrogens is 1. The fourth-order valence-corrected chi connectivity index (χ4v) is 2.74. The van der Waals surface area contributed by atoms with Crippen LogP contribution in [0.2, 0.25) is 0 Å². The van der Waals surface area contributed by atoms with Crippen molar-refractivity contribution in [1.29, 1.82) is 0 Å². The first-order valence-corrected chi connectivity index (χ1v) is 6.79. The molecule has 0 atom stereocenters. The van der Waals surface area contributed by atoms with E-state index in [4.69, 9.17) is 0 Å². The van der Waals surface area contributed by atoms with Gasteiger partial charge >= 0.3 is 6.18 Å². The molecule has 90 valence electrons. The van der Waals surface area contributed by atoms with E-state index < -0.39 is 11.7 Å². The quantitative estimate of drug-likeness (QED) is 0.754. The van der Waals surface area contributed by atoms with Gasteiger partial charge in [-0.2, -0.15) is 13.2 Å². The molecule has 1 nitrogen and oxygen atoms in total. The Labute approximate surface area is 101 Å². The van der Waals surface area contributed by atoms with E-state index in [1.165, 1.54) is 29.6 Å². The van der Waals surface area contributed by atoms with Gasteiger partial charge in [-0.1, -0.05) is 13.8 Å². The van der Waals surface area contributed by atoms with Gasteiger partial charge in [0.25, 0.3) is 0 Å². The summed E-state index contributed by atoms with van der Waals surface area (Å²) in [6, 6.07) is 1.18. The summed E-state index contributed by atoms with van der Waals surface area (Å²) in [6.45, 7) is 3.86. The molecule has 0 aliphatic rings. The molecule has 1 heterocycles. The molecule has 0 amide bonds. The normalized spacial score (nSPS) is 11.8. The van der Waals surface area contributed by atoms with E-state index in [1.54, 1.807) is 0 Å². The van der Waals surface area contributed by atoms with Crippen LogP contribution in [0.15, 0.2) is 22.2 Å². The first kappa shape index (κ1) is 13.7. The lowest BCUT2D eigenvalue weighted by atomic mass is 10.3. The number of alkyl halides is 3. The van der Waals surface area contributed by atoms with E-state index >= 15 is 0 Å². The highest BCUT2D eigenvalue weighted by molar-refractivity contribution is 8.02. The van der Waals surface area contributed by atoms with Crippen molar-refractivity contribution in [2.24, 2.45) is 0 Å². The third-order valence-electron chi connectivity index (χ3n) is 1.73. The van der Waals surface area contributed by atoms with Crippen LogP contribution < -0.4 is 0 Å². The number of pyridine rings is 1. The van der Waals surface area contributed by atoms with Gasteiger partial charge in [0.15, 0.2) is 0 Å². The van der Waals surface area contributed by atoms with Crippen LogP contribution in [0.3, 0.4) is 0 Å². The van der Waals surface area contributed by atoms with Crippen LogP contribution >= 0.6 is 23.5 Å². The number of thioether (sulfide) groups is 2. The monoisotopic (exact) mass is 267 g/mol. The molecular formula is C10H12F3NS2. The number of nitrogens with zero attached hydrogens (tertiary/aromatic N) is 1. The van der Waals surface area contributed by atoms with E-state index in [1.807, 2.05) is 13.8 Å². The van der Waals surface area contributed by atoms with E-state index in [9.17, 15) is 13.2 Å². The Balaban J connectivity index is 3.06. The van der Waals surface area contributed by atoms with Gasteiger partial charge in [0.2, 0.25) is 0 Å². The second kappa shape index (κ2) is 5.82. The molecule has 16 heavy (non-hydrogen) atoms. The Morgan fingerprint density at radius 1 is 1.19 bits per heavy atom. The molecule has 0 aromatic carbocycles. The van der Waals surface area contributed by atoms with Crippen LogP contribution in [0, 0.1) is 0 Å². The van der Waals surface area contributed by atoms with E-state index in [0.29, 0.717) is 9.92 Å². The van der Waals surface area contributed by atoms with Gasteiger partial charge in [0.1, 0.15) is 5.03 Å².